The second kappa shape index (κ2) is 6.61. The van der Waals surface area contributed by atoms with Gasteiger partial charge >= 0.3 is 0 Å². The minimum atomic E-state index is -0.736. The Kier molecular flexibility index (Phi) is 4.25. The number of benzene rings is 1. The van der Waals surface area contributed by atoms with Crippen molar-refractivity contribution in [2.45, 2.75) is 33.4 Å². The van der Waals surface area contributed by atoms with E-state index < -0.39 is 17.5 Å². The second-order valence-electron chi connectivity index (χ2n) is 6.47. The molecule has 4 rings (SSSR count). The first-order valence-electron chi connectivity index (χ1n) is 8.73. The summed E-state index contributed by atoms with van der Waals surface area (Å²) in [4.78, 5) is 18.5. The molecule has 0 bridgehead atoms. The Bertz CT molecular complexity index is 1020. The smallest absolute Gasteiger partial charge is 0.257 e. The van der Waals surface area contributed by atoms with Gasteiger partial charge in [-0.1, -0.05) is 0 Å². The van der Waals surface area contributed by atoms with Crippen LogP contribution in [0.25, 0.3) is 11.6 Å². The quantitative estimate of drug-likeness (QED) is 0.707. The third-order valence-corrected chi connectivity index (χ3v) is 4.70. The molecule has 8 heteroatoms. The van der Waals surface area contributed by atoms with Crippen molar-refractivity contribution in [1.29, 1.82) is 0 Å². The van der Waals surface area contributed by atoms with Crippen LogP contribution in [0.2, 0.25) is 0 Å². The van der Waals surface area contributed by atoms with Crippen LogP contribution in [0.3, 0.4) is 0 Å². The third-order valence-electron chi connectivity index (χ3n) is 4.70. The highest BCUT2D eigenvalue weighted by Gasteiger charge is 2.30. The van der Waals surface area contributed by atoms with E-state index in [1.54, 1.807) is 13.1 Å². The SMILES string of the molecule is CCn1nc(-c2ncc(C)o2)c2c1CCN(C(=O)c1cc(F)ccc1F)C2. The minimum absolute atomic E-state index is 0.237. The molecule has 1 aliphatic rings. The van der Waals surface area contributed by atoms with Gasteiger partial charge in [-0.25, -0.2) is 13.8 Å². The molecule has 140 valence electrons. The van der Waals surface area contributed by atoms with Crippen molar-refractivity contribution in [2.75, 3.05) is 6.54 Å². The zero-order valence-electron chi connectivity index (χ0n) is 15.0. The van der Waals surface area contributed by atoms with Crippen LogP contribution < -0.4 is 0 Å². The van der Waals surface area contributed by atoms with Crippen molar-refractivity contribution in [3.63, 3.8) is 0 Å². The minimum Gasteiger partial charge on any atom is -0.440 e. The van der Waals surface area contributed by atoms with Crippen molar-refractivity contribution < 1.29 is 18.0 Å². The van der Waals surface area contributed by atoms with Crippen molar-refractivity contribution in [1.82, 2.24) is 19.7 Å². The van der Waals surface area contributed by atoms with E-state index in [0.717, 1.165) is 29.5 Å². The lowest BCUT2D eigenvalue weighted by atomic mass is 10.0. The summed E-state index contributed by atoms with van der Waals surface area (Å²) in [6, 6.07) is 2.89. The van der Waals surface area contributed by atoms with Gasteiger partial charge in [-0.15, -0.1) is 0 Å². The van der Waals surface area contributed by atoms with E-state index in [4.69, 9.17) is 4.42 Å². The van der Waals surface area contributed by atoms with Crippen LogP contribution in [0.15, 0.2) is 28.8 Å². The molecule has 0 saturated carbocycles. The summed E-state index contributed by atoms with van der Waals surface area (Å²) in [6.45, 7) is 5.09. The highest BCUT2D eigenvalue weighted by atomic mass is 19.1. The molecule has 0 spiro atoms. The molecule has 2 aromatic heterocycles. The molecular weight excluding hydrogens is 354 g/mol. The summed E-state index contributed by atoms with van der Waals surface area (Å²) in [5.74, 6) is -0.874. The lowest BCUT2D eigenvalue weighted by Crippen LogP contribution is -2.37. The second-order valence-corrected chi connectivity index (χ2v) is 6.47. The molecule has 0 fully saturated rings. The number of fused-ring (bicyclic) bond motifs is 1. The van der Waals surface area contributed by atoms with Gasteiger partial charge in [0.2, 0.25) is 5.89 Å². The molecule has 1 aliphatic heterocycles. The van der Waals surface area contributed by atoms with Gasteiger partial charge in [0.25, 0.3) is 5.91 Å². The van der Waals surface area contributed by atoms with Crippen LogP contribution >= 0.6 is 0 Å². The number of carbonyl (C=O) groups excluding carboxylic acids is 1. The molecule has 0 N–H and O–H groups in total. The largest absolute Gasteiger partial charge is 0.440 e. The predicted molar refractivity (Wildman–Crippen MR) is 92.9 cm³/mol. The standard InChI is InChI=1S/C19H18F2N4O2/c1-3-25-16-6-7-24(19(26)13-8-12(20)4-5-15(13)21)10-14(16)17(23-25)18-22-9-11(2)27-18/h4-5,8-9H,3,6-7,10H2,1-2H3. The zero-order chi connectivity index (χ0) is 19.1. The lowest BCUT2D eigenvalue weighted by Gasteiger charge is -2.28. The summed E-state index contributed by atoms with van der Waals surface area (Å²) >= 11 is 0. The van der Waals surface area contributed by atoms with Gasteiger partial charge in [0.15, 0.2) is 5.69 Å². The summed E-state index contributed by atoms with van der Waals surface area (Å²) in [6.07, 6.45) is 2.18. The van der Waals surface area contributed by atoms with E-state index in [1.165, 1.54) is 4.90 Å². The normalized spacial score (nSPS) is 13.7. The molecule has 27 heavy (non-hydrogen) atoms. The van der Waals surface area contributed by atoms with Gasteiger partial charge in [-0.2, -0.15) is 5.10 Å². The average Bonchev–Trinajstić information content (AvgIpc) is 3.25. The van der Waals surface area contributed by atoms with Crippen molar-refractivity contribution in [3.8, 4) is 11.6 Å². The molecule has 3 heterocycles. The highest BCUT2D eigenvalue weighted by molar-refractivity contribution is 5.94. The zero-order valence-corrected chi connectivity index (χ0v) is 15.0. The molecule has 0 aliphatic carbocycles. The fourth-order valence-electron chi connectivity index (χ4n) is 3.39. The van der Waals surface area contributed by atoms with E-state index in [1.807, 2.05) is 11.6 Å². The van der Waals surface area contributed by atoms with Gasteiger partial charge in [-0.05, 0) is 32.0 Å². The molecule has 3 aromatic rings. The number of halogens is 2. The Balaban J connectivity index is 1.71. The van der Waals surface area contributed by atoms with Crippen LogP contribution in [0.4, 0.5) is 8.78 Å². The number of hydrogen-bond donors (Lipinski definition) is 0. The predicted octanol–water partition coefficient (Wildman–Crippen LogP) is 3.34. The van der Waals surface area contributed by atoms with Crippen molar-refractivity contribution >= 4 is 5.91 Å². The van der Waals surface area contributed by atoms with E-state index in [2.05, 4.69) is 10.1 Å². The molecular formula is C19H18F2N4O2. The number of amides is 1. The molecule has 0 atom stereocenters. The Hall–Kier alpha value is -3.03. The van der Waals surface area contributed by atoms with Crippen LogP contribution in [-0.4, -0.2) is 32.1 Å². The van der Waals surface area contributed by atoms with E-state index in [9.17, 15) is 13.6 Å². The number of hydrogen-bond acceptors (Lipinski definition) is 4. The first kappa shape index (κ1) is 17.4. The van der Waals surface area contributed by atoms with E-state index >= 15 is 0 Å². The number of rotatable bonds is 3. The molecule has 0 saturated heterocycles. The van der Waals surface area contributed by atoms with Crippen LogP contribution in [-0.2, 0) is 19.5 Å². The highest BCUT2D eigenvalue weighted by Crippen LogP contribution is 2.30. The van der Waals surface area contributed by atoms with Gasteiger partial charge in [0.05, 0.1) is 18.3 Å². The van der Waals surface area contributed by atoms with Gasteiger partial charge in [0, 0.05) is 30.8 Å². The Morgan fingerprint density at radius 2 is 2.15 bits per heavy atom. The maximum absolute atomic E-state index is 14.0. The van der Waals surface area contributed by atoms with Crippen LogP contribution in [0.1, 0.15) is 34.3 Å². The van der Waals surface area contributed by atoms with Crippen LogP contribution in [0.5, 0.6) is 0 Å². The lowest BCUT2D eigenvalue weighted by molar-refractivity contribution is 0.0728. The first-order valence-corrected chi connectivity index (χ1v) is 8.73. The fourth-order valence-corrected chi connectivity index (χ4v) is 3.39. The number of oxazole rings is 1. The number of aromatic nitrogens is 3. The summed E-state index contributed by atoms with van der Waals surface area (Å²) in [5.41, 5.74) is 2.15. The maximum atomic E-state index is 14.0. The molecule has 6 nitrogen and oxygen atoms in total. The van der Waals surface area contributed by atoms with Gasteiger partial charge in [-0.3, -0.25) is 9.48 Å². The number of aryl methyl sites for hydroxylation is 2. The van der Waals surface area contributed by atoms with E-state index in [-0.39, 0.29) is 12.1 Å². The van der Waals surface area contributed by atoms with Crippen molar-refractivity contribution in [2.24, 2.45) is 0 Å². The Labute approximate surface area is 154 Å². The third kappa shape index (κ3) is 3.01. The number of nitrogens with zero attached hydrogens (tertiary/aromatic N) is 4. The summed E-state index contributed by atoms with van der Waals surface area (Å²) in [7, 11) is 0. The van der Waals surface area contributed by atoms with Crippen LogP contribution in [0, 0.1) is 18.6 Å². The Morgan fingerprint density at radius 1 is 1.33 bits per heavy atom. The maximum Gasteiger partial charge on any atom is 0.257 e. The summed E-state index contributed by atoms with van der Waals surface area (Å²) in [5, 5.41) is 4.58. The van der Waals surface area contributed by atoms with Gasteiger partial charge in [0.1, 0.15) is 17.4 Å². The van der Waals surface area contributed by atoms with Crippen molar-refractivity contribution in [3.05, 3.63) is 58.6 Å². The molecule has 1 amide bonds. The average molecular weight is 372 g/mol. The molecule has 0 unspecified atom stereocenters. The Morgan fingerprint density at radius 3 is 2.85 bits per heavy atom. The monoisotopic (exact) mass is 372 g/mol. The summed E-state index contributed by atoms with van der Waals surface area (Å²) < 4.78 is 35.0. The number of carbonyl (C=O) groups is 1. The fraction of sp³-hybridized carbons (Fsp3) is 0.316. The van der Waals surface area contributed by atoms with Gasteiger partial charge < -0.3 is 9.32 Å². The topological polar surface area (TPSA) is 64.2 Å². The molecule has 1 aromatic carbocycles. The first-order chi connectivity index (χ1) is 13.0. The molecule has 0 radical (unpaired) electrons. The van der Waals surface area contributed by atoms with E-state index in [0.29, 0.717) is 36.9 Å².